The first-order valence-electron chi connectivity index (χ1n) is 11.5. The van der Waals surface area contributed by atoms with Gasteiger partial charge in [0.1, 0.15) is 12.1 Å². The molecule has 0 heterocycles. The van der Waals surface area contributed by atoms with Crippen LogP contribution in [0.2, 0.25) is 0 Å². The Labute approximate surface area is 210 Å². The van der Waals surface area contributed by atoms with Gasteiger partial charge in [-0.05, 0) is 53.6 Å². The van der Waals surface area contributed by atoms with Crippen LogP contribution in [0.15, 0.2) is 121 Å². The molecule has 36 heavy (non-hydrogen) atoms. The largest absolute Gasteiger partial charge is 0.397 e. The molecule has 5 aromatic rings. The summed E-state index contributed by atoms with van der Waals surface area (Å²) in [7, 11) is 0. The van der Waals surface area contributed by atoms with Crippen molar-refractivity contribution in [1.29, 1.82) is 10.5 Å². The van der Waals surface area contributed by atoms with Crippen molar-refractivity contribution in [1.82, 2.24) is 0 Å². The highest BCUT2D eigenvalue weighted by atomic mass is 15.1. The Morgan fingerprint density at radius 2 is 0.889 bits per heavy atom. The van der Waals surface area contributed by atoms with Crippen molar-refractivity contribution in [2.45, 2.75) is 0 Å². The van der Waals surface area contributed by atoms with Crippen LogP contribution in [0.3, 0.4) is 0 Å². The van der Waals surface area contributed by atoms with Crippen molar-refractivity contribution < 1.29 is 0 Å². The van der Waals surface area contributed by atoms with Gasteiger partial charge in [0.15, 0.2) is 0 Å². The van der Waals surface area contributed by atoms with Crippen LogP contribution in [0.5, 0.6) is 0 Å². The molecule has 0 unspecified atom stereocenters. The number of anilines is 4. The third-order valence-corrected chi connectivity index (χ3v) is 6.14. The number of hydrogen-bond acceptors (Lipinski definition) is 4. The van der Waals surface area contributed by atoms with Crippen LogP contribution in [-0.2, 0) is 0 Å². The Kier molecular flexibility index (Phi) is 6.17. The van der Waals surface area contributed by atoms with E-state index in [1.165, 1.54) is 0 Å². The Bertz CT molecular complexity index is 1540. The zero-order chi connectivity index (χ0) is 24.9. The third-order valence-electron chi connectivity index (χ3n) is 6.14. The molecular formula is C32H22N4. The Morgan fingerprint density at radius 3 is 1.33 bits per heavy atom. The van der Waals surface area contributed by atoms with E-state index in [1.54, 1.807) is 0 Å². The van der Waals surface area contributed by atoms with Crippen LogP contribution in [0.1, 0.15) is 11.1 Å². The van der Waals surface area contributed by atoms with E-state index in [0.29, 0.717) is 22.3 Å². The van der Waals surface area contributed by atoms with Crippen LogP contribution in [0.25, 0.3) is 22.3 Å². The molecule has 0 aliphatic rings. The van der Waals surface area contributed by atoms with E-state index in [0.717, 1.165) is 28.2 Å². The highest BCUT2D eigenvalue weighted by Gasteiger charge is 2.19. The summed E-state index contributed by atoms with van der Waals surface area (Å²) in [6, 6.07) is 44.3. The van der Waals surface area contributed by atoms with Gasteiger partial charge < -0.3 is 10.6 Å². The zero-order valence-corrected chi connectivity index (χ0v) is 19.5. The van der Waals surface area contributed by atoms with Gasteiger partial charge in [0.05, 0.1) is 16.8 Å². The number of nitrogen functional groups attached to an aromatic ring is 1. The topological polar surface area (TPSA) is 76.8 Å². The fourth-order valence-electron chi connectivity index (χ4n) is 4.41. The molecule has 0 aliphatic carbocycles. The van der Waals surface area contributed by atoms with Crippen LogP contribution in [-0.4, -0.2) is 0 Å². The molecule has 4 heteroatoms. The predicted molar refractivity (Wildman–Crippen MR) is 146 cm³/mol. The van der Waals surface area contributed by atoms with Gasteiger partial charge >= 0.3 is 0 Å². The lowest BCUT2D eigenvalue weighted by molar-refractivity contribution is 1.28. The standard InChI is InChI=1S/C32H22N4/c33-21-30-28(23-10-4-1-5-11-23)20-29(31(22-34)32(30)35)24-16-18-27(19-17-24)36(25-12-6-2-7-13-25)26-14-8-3-9-15-26/h1-20H,35H2. The molecule has 0 atom stereocenters. The van der Waals surface area contributed by atoms with Gasteiger partial charge in [0.25, 0.3) is 0 Å². The maximum absolute atomic E-state index is 9.93. The summed E-state index contributed by atoms with van der Waals surface area (Å²) < 4.78 is 0. The van der Waals surface area contributed by atoms with Crippen molar-refractivity contribution in [2.24, 2.45) is 0 Å². The quantitative estimate of drug-likeness (QED) is 0.270. The van der Waals surface area contributed by atoms with Crippen molar-refractivity contribution in [2.75, 3.05) is 10.6 Å². The minimum Gasteiger partial charge on any atom is -0.397 e. The number of rotatable bonds is 5. The number of benzene rings is 5. The molecule has 0 radical (unpaired) electrons. The molecule has 0 bridgehead atoms. The van der Waals surface area contributed by atoms with Crippen molar-refractivity contribution in [3.63, 3.8) is 0 Å². The van der Waals surface area contributed by atoms with Gasteiger partial charge in [-0.3, -0.25) is 0 Å². The molecule has 0 aliphatic heterocycles. The summed E-state index contributed by atoms with van der Waals surface area (Å²) in [5, 5.41) is 19.7. The van der Waals surface area contributed by atoms with E-state index in [2.05, 4.69) is 41.3 Å². The maximum atomic E-state index is 9.93. The molecule has 0 fully saturated rings. The second-order valence-corrected chi connectivity index (χ2v) is 8.28. The minimum absolute atomic E-state index is 0.204. The van der Waals surface area contributed by atoms with Gasteiger partial charge in [-0.1, -0.05) is 78.9 Å². The minimum atomic E-state index is 0.204. The van der Waals surface area contributed by atoms with E-state index in [-0.39, 0.29) is 5.69 Å². The SMILES string of the molecule is N#Cc1c(-c2ccccc2)cc(-c2ccc(N(c3ccccc3)c3ccccc3)cc2)c(C#N)c1N. The maximum Gasteiger partial charge on any atom is 0.102 e. The van der Waals surface area contributed by atoms with Crippen LogP contribution >= 0.6 is 0 Å². The summed E-state index contributed by atoms with van der Waals surface area (Å²) in [4.78, 5) is 2.18. The van der Waals surface area contributed by atoms with Crippen LogP contribution < -0.4 is 10.6 Å². The summed E-state index contributed by atoms with van der Waals surface area (Å²) in [6.45, 7) is 0. The van der Waals surface area contributed by atoms with Gasteiger partial charge in [0, 0.05) is 28.2 Å². The van der Waals surface area contributed by atoms with E-state index < -0.39 is 0 Å². The first-order valence-corrected chi connectivity index (χ1v) is 11.5. The summed E-state index contributed by atoms with van der Waals surface area (Å²) in [6.07, 6.45) is 0. The number of nitrogens with two attached hydrogens (primary N) is 1. The molecule has 170 valence electrons. The second-order valence-electron chi connectivity index (χ2n) is 8.28. The Balaban J connectivity index is 1.64. The van der Waals surface area contributed by atoms with Crippen molar-refractivity contribution >= 4 is 22.7 Å². The van der Waals surface area contributed by atoms with Crippen molar-refractivity contribution in [3.05, 3.63) is 132 Å². The molecule has 5 aromatic carbocycles. The highest BCUT2D eigenvalue weighted by Crippen LogP contribution is 2.39. The number of nitrogens with zero attached hydrogens (tertiary/aromatic N) is 3. The molecule has 2 N–H and O–H groups in total. The lowest BCUT2D eigenvalue weighted by Crippen LogP contribution is -2.09. The van der Waals surface area contributed by atoms with Gasteiger partial charge in [-0.25, -0.2) is 0 Å². The second kappa shape index (κ2) is 9.89. The molecule has 0 amide bonds. The average molecular weight is 463 g/mol. The van der Waals surface area contributed by atoms with Gasteiger partial charge in [-0.15, -0.1) is 0 Å². The fourth-order valence-corrected chi connectivity index (χ4v) is 4.41. The lowest BCUT2D eigenvalue weighted by atomic mass is 9.89. The summed E-state index contributed by atoms with van der Waals surface area (Å²) in [5.74, 6) is 0. The third kappa shape index (κ3) is 4.16. The van der Waals surface area contributed by atoms with Gasteiger partial charge in [-0.2, -0.15) is 10.5 Å². The average Bonchev–Trinajstić information content (AvgIpc) is 2.95. The van der Waals surface area contributed by atoms with Crippen molar-refractivity contribution in [3.8, 4) is 34.4 Å². The normalized spacial score (nSPS) is 10.3. The monoisotopic (exact) mass is 462 g/mol. The lowest BCUT2D eigenvalue weighted by Gasteiger charge is -2.25. The first-order chi connectivity index (χ1) is 17.7. The van der Waals surface area contributed by atoms with Gasteiger partial charge in [0.2, 0.25) is 0 Å². The van der Waals surface area contributed by atoms with E-state index in [9.17, 15) is 10.5 Å². The smallest absolute Gasteiger partial charge is 0.102 e. The molecule has 0 saturated carbocycles. The Morgan fingerprint density at radius 1 is 0.500 bits per heavy atom. The number of nitriles is 2. The first kappa shape index (κ1) is 22.5. The molecule has 5 rings (SSSR count). The Hall–Kier alpha value is -5.32. The van der Waals surface area contributed by atoms with E-state index >= 15 is 0 Å². The number of hydrogen-bond donors (Lipinski definition) is 1. The molecule has 0 aromatic heterocycles. The fraction of sp³-hybridized carbons (Fsp3) is 0. The van der Waals surface area contributed by atoms with Crippen LogP contribution in [0.4, 0.5) is 22.7 Å². The zero-order valence-electron chi connectivity index (χ0n) is 19.5. The summed E-state index contributed by atoms with van der Waals surface area (Å²) in [5.41, 5.74) is 13.4. The summed E-state index contributed by atoms with van der Waals surface area (Å²) >= 11 is 0. The molecular weight excluding hydrogens is 440 g/mol. The van der Waals surface area contributed by atoms with E-state index in [1.807, 2.05) is 97.1 Å². The molecule has 0 saturated heterocycles. The molecule has 0 spiro atoms. The van der Waals surface area contributed by atoms with E-state index in [4.69, 9.17) is 5.73 Å². The van der Waals surface area contributed by atoms with Crippen LogP contribution in [0, 0.1) is 22.7 Å². The highest BCUT2D eigenvalue weighted by molar-refractivity contribution is 5.89. The molecule has 4 nitrogen and oxygen atoms in total. The predicted octanol–water partition coefficient (Wildman–Crippen LogP) is 7.82. The number of para-hydroxylation sites is 2.